The van der Waals surface area contributed by atoms with E-state index in [0.29, 0.717) is 0 Å². The number of hydrogen-bond donors (Lipinski definition) is 0. The zero-order valence-electron chi connectivity index (χ0n) is 13.2. The Morgan fingerprint density at radius 2 is 1.32 bits per heavy atom. The summed E-state index contributed by atoms with van der Waals surface area (Å²) in [5.74, 6) is 0. The summed E-state index contributed by atoms with van der Waals surface area (Å²) in [6, 6.07) is 21.2. The fourth-order valence-corrected chi connectivity index (χ4v) is 3.23. The molecule has 0 aliphatic rings. The van der Waals surface area contributed by atoms with Crippen LogP contribution in [0.1, 0.15) is 16.7 Å². The molecule has 0 aliphatic heterocycles. The molecule has 0 atom stereocenters. The van der Waals surface area contributed by atoms with Crippen LogP contribution in [0.2, 0.25) is 5.02 Å². The molecule has 0 unspecified atom stereocenters. The molecule has 0 aromatic heterocycles. The highest BCUT2D eigenvalue weighted by atomic mass is 35.5. The van der Waals surface area contributed by atoms with Crippen molar-refractivity contribution in [3.8, 4) is 22.3 Å². The molecule has 110 valence electrons. The van der Waals surface area contributed by atoms with Crippen molar-refractivity contribution in [2.45, 2.75) is 20.8 Å². The van der Waals surface area contributed by atoms with Gasteiger partial charge in [0.05, 0.1) is 5.02 Å². The van der Waals surface area contributed by atoms with E-state index >= 15 is 0 Å². The summed E-state index contributed by atoms with van der Waals surface area (Å²) < 4.78 is 0. The van der Waals surface area contributed by atoms with Crippen molar-refractivity contribution in [1.29, 1.82) is 0 Å². The van der Waals surface area contributed by atoms with Crippen LogP contribution in [0.15, 0.2) is 60.7 Å². The average Bonchev–Trinajstić information content (AvgIpc) is 2.50. The summed E-state index contributed by atoms with van der Waals surface area (Å²) in [4.78, 5) is 0. The molecular formula is C21H19Cl. The summed E-state index contributed by atoms with van der Waals surface area (Å²) in [7, 11) is 0. The zero-order valence-corrected chi connectivity index (χ0v) is 13.9. The molecule has 0 aliphatic carbocycles. The summed E-state index contributed by atoms with van der Waals surface area (Å²) >= 11 is 6.76. The second-order valence-corrected chi connectivity index (χ2v) is 6.24. The maximum Gasteiger partial charge on any atom is 0.0563 e. The van der Waals surface area contributed by atoms with Gasteiger partial charge in [0, 0.05) is 11.1 Å². The number of hydrogen-bond acceptors (Lipinski definition) is 0. The SMILES string of the molecule is Cc1ccc(-c2cc(C)cc(-c3ccccc3)c2Cl)c(C)c1. The highest BCUT2D eigenvalue weighted by Crippen LogP contribution is 2.38. The summed E-state index contributed by atoms with van der Waals surface area (Å²) in [5.41, 5.74) is 8.31. The Morgan fingerprint density at radius 1 is 0.636 bits per heavy atom. The first-order valence-corrected chi connectivity index (χ1v) is 7.87. The number of benzene rings is 3. The molecule has 3 aromatic rings. The van der Waals surface area contributed by atoms with E-state index in [1.54, 1.807) is 0 Å². The van der Waals surface area contributed by atoms with Gasteiger partial charge >= 0.3 is 0 Å². The van der Waals surface area contributed by atoms with Gasteiger partial charge in [-0.2, -0.15) is 0 Å². The van der Waals surface area contributed by atoms with E-state index in [1.165, 1.54) is 22.3 Å². The monoisotopic (exact) mass is 306 g/mol. The lowest BCUT2D eigenvalue weighted by molar-refractivity contribution is 1.37. The number of aryl methyl sites for hydroxylation is 3. The first-order chi connectivity index (χ1) is 10.6. The Kier molecular flexibility index (Phi) is 4.04. The van der Waals surface area contributed by atoms with Crippen molar-refractivity contribution < 1.29 is 0 Å². The van der Waals surface area contributed by atoms with Crippen LogP contribution < -0.4 is 0 Å². The molecule has 3 rings (SSSR count). The van der Waals surface area contributed by atoms with Crippen LogP contribution in [0, 0.1) is 20.8 Å². The Labute approximate surface area is 137 Å². The molecule has 0 nitrogen and oxygen atoms in total. The normalized spacial score (nSPS) is 10.7. The summed E-state index contributed by atoms with van der Waals surface area (Å²) in [5, 5.41) is 0.823. The van der Waals surface area contributed by atoms with Gasteiger partial charge in [-0.3, -0.25) is 0 Å². The van der Waals surface area contributed by atoms with Crippen LogP contribution in [-0.4, -0.2) is 0 Å². The predicted octanol–water partition coefficient (Wildman–Crippen LogP) is 6.60. The third kappa shape index (κ3) is 2.80. The maximum atomic E-state index is 6.76. The van der Waals surface area contributed by atoms with Gasteiger partial charge in [-0.05, 0) is 55.2 Å². The lowest BCUT2D eigenvalue weighted by Crippen LogP contribution is -1.90. The molecule has 0 saturated carbocycles. The molecule has 0 heterocycles. The molecule has 0 fully saturated rings. The van der Waals surface area contributed by atoms with E-state index in [1.807, 2.05) is 18.2 Å². The Balaban J connectivity index is 2.23. The Bertz CT molecular complexity index is 817. The van der Waals surface area contributed by atoms with Crippen molar-refractivity contribution in [2.24, 2.45) is 0 Å². The van der Waals surface area contributed by atoms with Gasteiger partial charge in [-0.15, -0.1) is 0 Å². The second kappa shape index (κ2) is 5.98. The van der Waals surface area contributed by atoms with E-state index in [-0.39, 0.29) is 0 Å². The predicted molar refractivity (Wildman–Crippen MR) is 96.5 cm³/mol. The third-order valence-corrected chi connectivity index (χ3v) is 4.38. The van der Waals surface area contributed by atoms with Gasteiger partial charge in [0.25, 0.3) is 0 Å². The van der Waals surface area contributed by atoms with E-state index in [9.17, 15) is 0 Å². The molecule has 1 heteroatoms. The minimum Gasteiger partial charge on any atom is -0.0830 e. The lowest BCUT2D eigenvalue weighted by atomic mass is 9.93. The summed E-state index contributed by atoms with van der Waals surface area (Å²) in [6.07, 6.45) is 0. The molecule has 0 saturated heterocycles. The number of rotatable bonds is 2. The topological polar surface area (TPSA) is 0 Å². The summed E-state index contributed by atoms with van der Waals surface area (Å²) in [6.45, 7) is 6.38. The van der Waals surface area contributed by atoms with Gasteiger partial charge in [0.2, 0.25) is 0 Å². The van der Waals surface area contributed by atoms with Gasteiger partial charge in [-0.1, -0.05) is 65.7 Å². The Hall–Kier alpha value is -2.05. The quantitative estimate of drug-likeness (QED) is 0.500. The first-order valence-electron chi connectivity index (χ1n) is 7.49. The van der Waals surface area contributed by atoms with Crippen LogP contribution >= 0.6 is 11.6 Å². The van der Waals surface area contributed by atoms with Crippen molar-refractivity contribution in [2.75, 3.05) is 0 Å². The van der Waals surface area contributed by atoms with Gasteiger partial charge in [0.1, 0.15) is 0 Å². The molecule has 22 heavy (non-hydrogen) atoms. The van der Waals surface area contributed by atoms with E-state index < -0.39 is 0 Å². The van der Waals surface area contributed by atoms with E-state index in [2.05, 4.69) is 63.2 Å². The van der Waals surface area contributed by atoms with Crippen molar-refractivity contribution in [3.63, 3.8) is 0 Å². The second-order valence-electron chi connectivity index (χ2n) is 5.86. The van der Waals surface area contributed by atoms with Crippen LogP contribution in [-0.2, 0) is 0 Å². The Morgan fingerprint density at radius 3 is 2.00 bits per heavy atom. The minimum absolute atomic E-state index is 0.823. The minimum atomic E-state index is 0.823. The lowest BCUT2D eigenvalue weighted by Gasteiger charge is -2.14. The molecular weight excluding hydrogens is 288 g/mol. The van der Waals surface area contributed by atoms with Crippen molar-refractivity contribution in [3.05, 3.63) is 82.4 Å². The third-order valence-electron chi connectivity index (χ3n) is 3.97. The van der Waals surface area contributed by atoms with Crippen LogP contribution in [0.25, 0.3) is 22.3 Å². The largest absolute Gasteiger partial charge is 0.0830 e. The molecule has 0 bridgehead atoms. The van der Waals surface area contributed by atoms with Gasteiger partial charge in [0.15, 0.2) is 0 Å². The van der Waals surface area contributed by atoms with Gasteiger partial charge < -0.3 is 0 Å². The molecule has 0 spiro atoms. The standard InChI is InChI=1S/C21H19Cl/c1-14-9-10-18(16(3)11-14)20-13-15(2)12-19(21(20)22)17-7-5-4-6-8-17/h4-13H,1-3H3. The molecule has 0 amide bonds. The smallest absolute Gasteiger partial charge is 0.0563 e. The van der Waals surface area contributed by atoms with E-state index in [4.69, 9.17) is 11.6 Å². The average molecular weight is 307 g/mol. The molecule has 0 radical (unpaired) electrons. The van der Waals surface area contributed by atoms with Crippen LogP contribution in [0.5, 0.6) is 0 Å². The highest BCUT2D eigenvalue weighted by molar-refractivity contribution is 6.36. The fourth-order valence-electron chi connectivity index (χ4n) is 2.91. The van der Waals surface area contributed by atoms with Crippen LogP contribution in [0.4, 0.5) is 0 Å². The fraction of sp³-hybridized carbons (Fsp3) is 0.143. The molecule has 0 N–H and O–H groups in total. The maximum absolute atomic E-state index is 6.76. The van der Waals surface area contributed by atoms with Crippen molar-refractivity contribution in [1.82, 2.24) is 0 Å². The van der Waals surface area contributed by atoms with E-state index in [0.717, 1.165) is 21.7 Å². The first kappa shape index (κ1) is 14.9. The van der Waals surface area contributed by atoms with Crippen LogP contribution in [0.3, 0.4) is 0 Å². The zero-order chi connectivity index (χ0) is 15.7. The highest BCUT2D eigenvalue weighted by Gasteiger charge is 2.13. The number of halogens is 1. The molecule has 3 aromatic carbocycles. The van der Waals surface area contributed by atoms with Crippen molar-refractivity contribution >= 4 is 11.6 Å². The van der Waals surface area contributed by atoms with Gasteiger partial charge in [-0.25, -0.2) is 0 Å².